The molecule has 0 atom stereocenters. The summed E-state index contributed by atoms with van der Waals surface area (Å²) >= 11 is 0. The largest absolute Gasteiger partial charge is 0.496 e. The van der Waals surface area contributed by atoms with Gasteiger partial charge in [-0.1, -0.05) is 0 Å². The molecule has 0 aliphatic carbocycles. The number of nitrogens with two attached hydrogens (primary N) is 1. The Balaban J connectivity index is 2.48. The van der Waals surface area contributed by atoms with Crippen molar-refractivity contribution in [1.82, 2.24) is 0 Å². The van der Waals surface area contributed by atoms with Gasteiger partial charge in [0.15, 0.2) is 6.29 Å². The average Bonchev–Trinajstić information content (AvgIpc) is 2.42. The number of ketones is 1. The summed E-state index contributed by atoms with van der Waals surface area (Å²) in [5, 5.41) is 0. The molecule has 5 heteroatoms. The second kappa shape index (κ2) is 7.45. The van der Waals surface area contributed by atoms with Gasteiger partial charge in [-0.2, -0.15) is 0 Å². The monoisotopic (exact) mass is 251 g/mol. The van der Waals surface area contributed by atoms with Crippen molar-refractivity contribution in [2.75, 3.05) is 20.3 Å². The standard InChI is InChI=1S/C13H17NO4/c1-17-13-7-12(5-4-10(13)9-15)18-6-2-3-11(16)8-14/h4-5,7,9H,2-3,6,8,14H2,1H3. The molecule has 0 amide bonds. The first-order valence-electron chi connectivity index (χ1n) is 5.69. The topological polar surface area (TPSA) is 78.6 Å². The van der Waals surface area contributed by atoms with E-state index in [0.717, 1.165) is 6.29 Å². The lowest BCUT2D eigenvalue weighted by Crippen LogP contribution is -2.14. The molecule has 0 aliphatic heterocycles. The second-order valence-corrected chi connectivity index (χ2v) is 3.72. The smallest absolute Gasteiger partial charge is 0.153 e. The van der Waals surface area contributed by atoms with E-state index in [4.69, 9.17) is 15.2 Å². The Morgan fingerprint density at radius 3 is 2.83 bits per heavy atom. The van der Waals surface area contributed by atoms with Crippen molar-refractivity contribution in [3.8, 4) is 11.5 Å². The molecule has 0 aliphatic rings. The van der Waals surface area contributed by atoms with E-state index in [2.05, 4.69) is 0 Å². The number of hydrogen-bond donors (Lipinski definition) is 1. The number of methoxy groups -OCH3 is 1. The summed E-state index contributed by atoms with van der Waals surface area (Å²) in [5.74, 6) is 1.10. The molecule has 0 fully saturated rings. The van der Waals surface area contributed by atoms with Gasteiger partial charge in [-0.15, -0.1) is 0 Å². The van der Waals surface area contributed by atoms with Crippen LogP contribution in [0.15, 0.2) is 18.2 Å². The molecule has 5 nitrogen and oxygen atoms in total. The lowest BCUT2D eigenvalue weighted by atomic mass is 10.2. The summed E-state index contributed by atoms with van der Waals surface area (Å²) in [7, 11) is 1.49. The maximum atomic E-state index is 11.0. The van der Waals surface area contributed by atoms with Gasteiger partial charge >= 0.3 is 0 Å². The van der Waals surface area contributed by atoms with Gasteiger partial charge in [0.2, 0.25) is 0 Å². The van der Waals surface area contributed by atoms with Crippen molar-refractivity contribution in [3.63, 3.8) is 0 Å². The van der Waals surface area contributed by atoms with Crippen molar-refractivity contribution >= 4 is 12.1 Å². The molecule has 0 aromatic heterocycles. The van der Waals surface area contributed by atoms with Crippen molar-refractivity contribution < 1.29 is 19.1 Å². The zero-order valence-corrected chi connectivity index (χ0v) is 10.3. The first-order chi connectivity index (χ1) is 8.71. The van der Waals surface area contributed by atoms with Crippen molar-refractivity contribution in [2.45, 2.75) is 12.8 Å². The van der Waals surface area contributed by atoms with Crippen LogP contribution >= 0.6 is 0 Å². The summed E-state index contributed by atoms with van der Waals surface area (Å²) < 4.78 is 10.5. The Morgan fingerprint density at radius 1 is 1.44 bits per heavy atom. The fraction of sp³-hybridized carbons (Fsp3) is 0.385. The van der Waals surface area contributed by atoms with Gasteiger partial charge in [-0.25, -0.2) is 0 Å². The summed E-state index contributed by atoms with van der Waals surface area (Å²) in [6, 6.07) is 4.97. The van der Waals surface area contributed by atoms with E-state index in [9.17, 15) is 9.59 Å². The first-order valence-corrected chi connectivity index (χ1v) is 5.69. The molecule has 2 N–H and O–H groups in total. The van der Waals surface area contributed by atoms with E-state index in [1.54, 1.807) is 18.2 Å². The normalized spacial score (nSPS) is 9.89. The van der Waals surface area contributed by atoms with Crippen LogP contribution in [-0.2, 0) is 4.79 Å². The van der Waals surface area contributed by atoms with Crippen LogP contribution in [0.2, 0.25) is 0 Å². The Kier molecular flexibility index (Phi) is 5.87. The van der Waals surface area contributed by atoms with Crippen molar-refractivity contribution in [3.05, 3.63) is 23.8 Å². The number of ether oxygens (including phenoxy) is 2. The third-order valence-corrected chi connectivity index (χ3v) is 2.43. The van der Waals surface area contributed by atoms with Crippen LogP contribution in [0, 0.1) is 0 Å². The maximum absolute atomic E-state index is 11.0. The maximum Gasteiger partial charge on any atom is 0.153 e. The highest BCUT2D eigenvalue weighted by atomic mass is 16.5. The molecule has 0 heterocycles. The fourth-order valence-corrected chi connectivity index (χ4v) is 1.44. The molecule has 0 saturated carbocycles. The molecule has 0 saturated heterocycles. The molecule has 1 rings (SSSR count). The van der Waals surface area contributed by atoms with Crippen molar-refractivity contribution in [2.24, 2.45) is 5.73 Å². The number of carbonyl (C=O) groups excluding carboxylic acids is 2. The summed E-state index contributed by atoms with van der Waals surface area (Å²) in [5.41, 5.74) is 5.67. The number of Topliss-reactive ketones (excluding diaryl/α,β-unsaturated/α-hetero) is 1. The number of aldehydes is 1. The van der Waals surface area contributed by atoms with Gasteiger partial charge in [0, 0.05) is 12.5 Å². The Bertz CT molecular complexity index is 417. The Morgan fingerprint density at radius 2 is 2.22 bits per heavy atom. The van der Waals surface area contributed by atoms with Crippen LogP contribution < -0.4 is 15.2 Å². The minimum atomic E-state index is 0.0208. The highest BCUT2D eigenvalue weighted by Gasteiger charge is 2.04. The van der Waals surface area contributed by atoms with E-state index < -0.39 is 0 Å². The van der Waals surface area contributed by atoms with Crippen LogP contribution in [0.5, 0.6) is 11.5 Å². The number of rotatable bonds is 8. The molecule has 1 aromatic carbocycles. The summed E-state index contributed by atoms with van der Waals surface area (Å²) in [6.07, 6.45) is 1.76. The first kappa shape index (κ1) is 14.2. The predicted molar refractivity (Wildman–Crippen MR) is 67.2 cm³/mol. The van der Waals surface area contributed by atoms with Gasteiger partial charge in [-0.3, -0.25) is 9.59 Å². The van der Waals surface area contributed by atoms with Gasteiger partial charge < -0.3 is 15.2 Å². The summed E-state index contributed by atoms with van der Waals surface area (Å²) in [4.78, 5) is 21.7. The molecule has 0 bridgehead atoms. The Labute approximate surface area is 106 Å². The SMILES string of the molecule is COc1cc(OCCCC(=O)CN)ccc1C=O. The Hall–Kier alpha value is -1.88. The third-order valence-electron chi connectivity index (χ3n) is 2.43. The van der Waals surface area contributed by atoms with E-state index in [0.29, 0.717) is 36.5 Å². The van der Waals surface area contributed by atoms with Crippen LogP contribution in [-0.4, -0.2) is 32.3 Å². The molecule has 0 spiro atoms. The quantitative estimate of drug-likeness (QED) is 0.554. The van der Waals surface area contributed by atoms with Gasteiger partial charge in [0.05, 0.1) is 25.8 Å². The minimum Gasteiger partial charge on any atom is -0.496 e. The minimum absolute atomic E-state index is 0.0208. The molecule has 0 radical (unpaired) electrons. The predicted octanol–water partition coefficient (Wildman–Crippen LogP) is 1.19. The molecular formula is C13H17NO4. The number of benzene rings is 1. The van der Waals surface area contributed by atoms with Crippen LogP contribution in [0.1, 0.15) is 23.2 Å². The van der Waals surface area contributed by atoms with E-state index in [1.165, 1.54) is 7.11 Å². The number of hydrogen-bond acceptors (Lipinski definition) is 5. The third kappa shape index (κ3) is 4.18. The molecule has 1 aromatic rings. The van der Waals surface area contributed by atoms with E-state index >= 15 is 0 Å². The van der Waals surface area contributed by atoms with E-state index in [1.807, 2.05) is 0 Å². The van der Waals surface area contributed by atoms with Gasteiger partial charge in [0.25, 0.3) is 0 Å². The molecular weight excluding hydrogens is 234 g/mol. The van der Waals surface area contributed by atoms with Gasteiger partial charge in [-0.05, 0) is 18.6 Å². The van der Waals surface area contributed by atoms with Crippen LogP contribution in [0.3, 0.4) is 0 Å². The lowest BCUT2D eigenvalue weighted by molar-refractivity contribution is -0.117. The second-order valence-electron chi connectivity index (χ2n) is 3.72. The fourth-order valence-electron chi connectivity index (χ4n) is 1.44. The highest BCUT2D eigenvalue weighted by Crippen LogP contribution is 2.23. The van der Waals surface area contributed by atoms with E-state index in [-0.39, 0.29) is 12.3 Å². The number of carbonyl (C=O) groups is 2. The average molecular weight is 251 g/mol. The molecule has 18 heavy (non-hydrogen) atoms. The molecule has 98 valence electrons. The summed E-state index contributed by atoms with van der Waals surface area (Å²) in [6.45, 7) is 0.497. The van der Waals surface area contributed by atoms with Crippen LogP contribution in [0.25, 0.3) is 0 Å². The van der Waals surface area contributed by atoms with Crippen LogP contribution in [0.4, 0.5) is 0 Å². The molecule has 0 unspecified atom stereocenters. The zero-order chi connectivity index (χ0) is 13.4. The van der Waals surface area contributed by atoms with Gasteiger partial charge in [0.1, 0.15) is 17.3 Å². The zero-order valence-electron chi connectivity index (χ0n) is 10.3. The van der Waals surface area contributed by atoms with Crippen molar-refractivity contribution in [1.29, 1.82) is 0 Å². The lowest BCUT2D eigenvalue weighted by Gasteiger charge is -2.08. The highest BCUT2D eigenvalue weighted by molar-refractivity contribution is 5.80.